The van der Waals surface area contributed by atoms with Gasteiger partial charge < -0.3 is 5.32 Å². The molecule has 0 aliphatic carbocycles. The molecule has 5 heteroatoms. The maximum Gasteiger partial charge on any atom is 0.252 e. The summed E-state index contributed by atoms with van der Waals surface area (Å²) in [5.74, 6) is 2.11. The monoisotopic (exact) mass is 242 g/mol. The summed E-state index contributed by atoms with van der Waals surface area (Å²) < 4.78 is 0. The number of amides is 1. The van der Waals surface area contributed by atoms with Gasteiger partial charge in [-0.25, -0.2) is 4.98 Å². The smallest absolute Gasteiger partial charge is 0.252 e. The fourth-order valence-electron chi connectivity index (χ4n) is 0.931. The van der Waals surface area contributed by atoms with Gasteiger partial charge in [0.15, 0.2) is 0 Å². The van der Waals surface area contributed by atoms with Gasteiger partial charge in [0.1, 0.15) is 5.15 Å². The van der Waals surface area contributed by atoms with Crippen LogP contribution in [-0.2, 0) is 0 Å². The third kappa shape index (κ3) is 3.43. The minimum atomic E-state index is -0.306. The Kier molecular flexibility index (Phi) is 4.41. The summed E-state index contributed by atoms with van der Waals surface area (Å²) in [6.45, 7) is 0.408. The van der Waals surface area contributed by atoms with Crippen LogP contribution >= 0.6 is 23.2 Å². The molecule has 0 spiro atoms. The molecule has 1 aromatic rings. The maximum atomic E-state index is 11.5. The van der Waals surface area contributed by atoms with Crippen molar-refractivity contribution >= 4 is 29.1 Å². The van der Waals surface area contributed by atoms with Crippen molar-refractivity contribution in [3.8, 4) is 12.3 Å². The molecule has 0 radical (unpaired) electrons. The largest absolute Gasteiger partial charge is 0.351 e. The Balaban J connectivity index is 2.73. The number of rotatable bonds is 3. The minimum absolute atomic E-state index is 0.224. The number of nitrogens with zero attached hydrogens (tertiary/aromatic N) is 1. The molecule has 0 fully saturated rings. The van der Waals surface area contributed by atoms with E-state index < -0.39 is 0 Å². The first kappa shape index (κ1) is 11.8. The van der Waals surface area contributed by atoms with Crippen LogP contribution in [0.4, 0.5) is 0 Å². The van der Waals surface area contributed by atoms with E-state index in [4.69, 9.17) is 29.6 Å². The zero-order valence-corrected chi connectivity index (χ0v) is 9.27. The van der Waals surface area contributed by atoms with Crippen molar-refractivity contribution in [2.45, 2.75) is 6.42 Å². The predicted molar refractivity (Wildman–Crippen MR) is 60.0 cm³/mol. The van der Waals surface area contributed by atoms with E-state index in [9.17, 15) is 4.79 Å². The average molecular weight is 243 g/mol. The van der Waals surface area contributed by atoms with Gasteiger partial charge in [0.25, 0.3) is 5.91 Å². The topological polar surface area (TPSA) is 42.0 Å². The van der Waals surface area contributed by atoms with Crippen LogP contribution in [0.15, 0.2) is 12.3 Å². The normalized spacial score (nSPS) is 9.40. The third-order valence-corrected chi connectivity index (χ3v) is 2.13. The summed E-state index contributed by atoms with van der Waals surface area (Å²) in [5, 5.41) is 3.10. The Labute approximate surface area is 97.8 Å². The molecule has 0 aliphatic rings. The molecule has 78 valence electrons. The molecule has 0 aromatic carbocycles. The molecule has 0 unspecified atom stereocenters. The third-order valence-electron chi connectivity index (χ3n) is 1.62. The molecule has 1 N–H and O–H groups in total. The minimum Gasteiger partial charge on any atom is -0.351 e. The van der Waals surface area contributed by atoms with Gasteiger partial charge in [-0.2, -0.15) is 0 Å². The zero-order valence-electron chi connectivity index (χ0n) is 7.76. The summed E-state index contributed by atoms with van der Waals surface area (Å²) in [5.41, 5.74) is 0.300. The summed E-state index contributed by atoms with van der Waals surface area (Å²) in [6, 6.07) is 1.41. The number of halogens is 2. The summed E-state index contributed by atoms with van der Waals surface area (Å²) in [6.07, 6.45) is 6.86. The van der Waals surface area contributed by atoms with Crippen molar-refractivity contribution in [3.63, 3.8) is 0 Å². The fourth-order valence-corrected chi connectivity index (χ4v) is 1.28. The molecule has 3 nitrogen and oxygen atoms in total. The average Bonchev–Trinajstić information content (AvgIpc) is 2.22. The van der Waals surface area contributed by atoms with Crippen LogP contribution < -0.4 is 5.32 Å². The number of pyridine rings is 1. The molecule has 0 atom stereocenters. The van der Waals surface area contributed by atoms with Crippen molar-refractivity contribution in [3.05, 3.63) is 28.0 Å². The Morgan fingerprint density at radius 1 is 1.60 bits per heavy atom. The highest BCUT2D eigenvalue weighted by atomic mass is 35.5. The number of nitrogens with one attached hydrogen (secondary N) is 1. The Morgan fingerprint density at radius 3 is 3.00 bits per heavy atom. The van der Waals surface area contributed by atoms with E-state index in [2.05, 4.69) is 16.2 Å². The zero-order chi connectivity index (χ0) is 11.3. The van der Waals surface area contributed by atoms with Gasteiger partial charge in [-0.05, 0) is 6.07 Å². The second-order valence-corrected chi connectivity index (χ2v) is 3.49. The number of hydrogen-bond donors (Lipinski definition) is 1. The van der Waals surface area contributed by atoms with E-state index in [0.717, 1.165) is 0 Å². The second-order valence-electron chi connectivity index (χ2n) is 2.70. The van der Waals surface area contributed by atoms with Gasteiger partial charge in [-0.3, -0.25) is 4.79 Å². The lowest BCUT2D eigenvalue weighted by Crippen LogP contribution is -2.24. The number of hydrogen-bond acceptors (Lipinski definition) is 2. The van der Waals surface area contributed by atoms with E-state index >= 15 is 0 Å². The van der Waals surface area contributed by atoms with Crippen LogP contribution in [0.5, 0.6) is 0 Å². The molecular weight excluding hydrogens is 235 g/mol. The maximum absolute atomic E-state index is 11.5. The van der Waals surface area contributed by atoms with Crippen LogP contribution in [0.2, 0.25) is 10.2 Å². The lowest BCUT2D eigenvalue weighted by molar-refractivity contribution is 0.0954. The fraction of sp³-hybridized carbons (Fsp3) is 0.200. The number of carbonyl (C=O) groups is 1. The van der Waals surface area contributed by atoms with Crippen LogP contribution in [-0.4, -0.2) is 17.4 Å². The van der Waals surface area contributed by atoms with E-state index in [0.29, 0.717) is 18.5 Å². The Bertz CT molecular complexity index is 412. The van der Waals surface area contributed by atoms with Crippen LogP contribution in [0, 0.1) is 12.3 Å². The molecule has 1 aromatic heterocycles. The highest BCUT2D eigenvalue weighted by Crippen LogP contribution is 2.17. The first-order chi connectivity index (χ1) is 7.15. The summed E-state index contributed by atoms with van der Waals surface area (Å²) in [4.78, 5) is 15.3. The molecule has 0 saturated heterocycles. The van der Waals surface area contributed by atoms with Crippen LogP contribution in [0.3, 0.4) is 0 Å². The SMILES string of the molecule is C#CCCNC(=O)c1cc(Cl)ncc1Cl. The Morgan fingerprint density at radius 2 is 2.33 bits per heavy atom. The van der Waals surface area contributed by atoms with Crippen molar-refractivity contribution in [2.75, 3.05) is 6.54 Å². The van der Waals surface area contributed by atoms with Gasteiger partial charge >= 0.3 is 0 Å². The molecule has 1 rings (SSSR count). The molecule has 1 heterocycles. The van der Waals surface area contributed by atoms with Crippen LogP contribution in [0.1, 0.15) is 16.8 Å². The molecule has 15 heavy (non-hydrogen) atoms. The Hall–Kier alpha value is -1.24. The first-order valence-corrected chi connectivity index (χ1v) is 4.93. The van der Waals surface area contributed by atoms with E-state index in [1.165, 1.54) is 12.3 Å². The van der Waals surface area contributed by atoms with Gasteiger partial charge in [0.2, 0.25) is 0 Å². The molecule has 0 aliphatic heterocycles. The quantitative estimate of drug-likeness (QED) is 0.502. The van der Waals surface area contributed by atoms with Gasteiger partial charge in [0.05, 0.1) is 10.6 Å². The van der Waals surface area contributed by atoms with Crippen molar-refractivity contribution < 1.29 is 4.79 Å². The molecule has 1 amide bonds. The van der Waals surface area contributed by atoms with E-state index in [1.807, 2.05) is 0 Å². The van der Waals surface area contributed by atoms with E-state index in [-0.39, 0.29) is 16.1 Å². The standard InChI is InChI=1S/C10H8Cl2N2O/c1-2-3-4-13-10(15)7-5-9(12)14-6-8(7)11/h1,5-6H,3-4H2,(H,13,15). The highest BCUT2D eigenvalue weighted by molar-refractivity contribution is 6.35. The van der Waals surface area contributed by atoms with Crippen molar-refractivity contribution in [1.82, 2.24) is 10.3 Å². The second kappa shape index (κ2) is 5.59. The number of terminal acetylenes is 1. The number of carbonyl (C=O) groups excluding carboxylic acids is 1. The molecule has 0 bridgehead atoms. The molecular formula is C10H8Cl2N2O. The van der Waals surface area contributed by atoms with E-state index in [1.54, 1.807) is 0 Å². The van der Waals surface area contributed by atoms with Gasteiger partial charge in [-0.15, -0.1) is 12.3 Å². The highest BCUT2D eigenvalue weighted by Gasteiger charge is 2.10. The van der Waals surface area contributed by atoms with Gasteiger partial charge in [-0.1, -0.05) is 23.2 Å². The first-order valence-electron chi connectivity index (χ1n) is 4.18. The van der Waals surface area contributed by atoms with Gasteiger partial charge in [0, 0.05) is 19.2 Å². The molecule has 0 saturated carbocycles. The lowest BCUT2D eigenvalue weighted by Gasteiger charge is -2.04. The summed E-state index contributed by atoms with van der Waals surface area (Å²) in [7, 11) is 0. The predicted octanol–water partition coefficient (Wildman–Crippen LogP) is 2.14. The van der Waals surface area contributed by atoms with Crippen molar-refractivity contribution in [2.24, 2.45) is 0 Å². The summed E-state index contributed by atoms with van der Waals surface area (Å²) >= 11 is 11.4. The van der Waals surface area contributed by atoms with Crippen molar-refractivity contribution in [1.29, 1.82) is 0 Å². The lowest BCUT2D eigenvalue weighted by atomic mass is 10.2. The van der Waals surface area contributed by atoms with Crippen LogP contribution in [0.25, 0.3) is 0 Å². The number of aromatic nitrogens is 1.